The van der Waals surface area contributed by atoms with Gasteiger partial charge in [-0.05, 0) is 76.1 Å². The number of sulfone groups is 1. The predicted octanol–water partition coefficient (Wildman–Crippen LogP) is 5.83. The van der Waals surface area contributed by atoms with Crippen LogP contribution in [0.25, 0.3) is 0 Å². The Morgan fingerprint density at radius 3 is 2.38 bits per heavy atom. The molecule has 0 radical (unpaired) electrons. The summed E-state index contributed by atoms with van der Waals surface area (Å²) in [6, 6.07) is 11.9. The molecule has 3 N–H and O–H groups in total. The molecule has 1 fully saturated rings. The maximum atomic E-state index is 13.1. The van der Waals surface area contributed by atoms with E-state index in [0.717, 1.165) is 44.3 Å². The second-order valence-corrected chi connectivity index (χ2v) is 13.4. The zero-order valence-corrected chi connectivity index (χ0v) is 25.2. The van der Waals surface area contributed by atoms with Gasteiger partial charge < -0.3 is 25.6 Å². The highest BCUT2D eigenvalue weighted by atomic mass is 32.2. The van der Waals surface area contributed by atoms with Crippen molar-refractivity contribution < 1.29 is 22.7 Å². The van der Waals surface area contributed by atoms with E-state index in [4.69, 9.17) is 4.74 Å². The van der Waals surface area contributed by atoms with Crippen LogP contribution in [-0.4, -0.2) is 58.0 Å². The molecular formula is C30H44N4O5S. The van der Waals surface area contributed by atoms with Crippen molar-refractivity contribution in [3.8, 4) is 0 Å². The van der Waals surface area contributed by atoms with Crippen LogP contribution in [0.15, 0.2) is 47.4 Å². The van der Waals surface area contributed by atoms with E-state index in [-0.39, 0.29) is 22.6 Å². The summed E-state index contributed by atoms with van der Waals surface area (Å²) in [5, 5.41) is 8.90. The number of amides is 2. The largest absolute Gasteiger partial charge is 0.444 e. The lowest BCUT2D eigenvalue weighted by Crippen LogP contribution is -2.40. The molecule has 220 valence electrons. The summed E-state index contributed by atoms with van der Waals surface area (Å²) in [6.07, 6.45) is 5.23. The van der Waals surface area contributed by atoms with Crippen LogP contribution in [0.4, 0.5) is 21.9 Å². The van der Waals surface area contributed by atoms with E-state index in [2.05, 4.69) is 27.8 Å². The van der Waals surface area contributed by atoms with Gasteiger partial charge in [-0.15, -0.1) is 0 Å². The predicted molar refractivity (Wildman–Crippen MR) is 161 cm³/mol. The second-order valence-electron chi connectivity index (χ2n) is 11.3. The van der Waals surface area contributed by atoms with E-state index in [1.54, 1.807) is 37.4 Å². The van der Waals surface area contributed by atoms with Gasteiger partial charge in [-0.25, -0.2) is 13.2 Å². The first-order chi connectivity index (χ1) is 18.9. The van der Waals surface area contributed by atoms with Gasteiger partial charge in [-0.2, -0.15) is 0 Å². The number of nitrogens with one attached hydrogen (secondary N) is 3. The van der Waals surface area contributed by atoms with Crippen molar-refractivity contribution >= 4 is 38.9 Å². The number of ether oxygens (including phenoxy) is 1. The Hall–Kier alpha value is -3.27. The number of anilines is 3. The lowest BCUT2D eigenvalue weighted by atomic mass is 10.1. The monoisotopic (exact) mass is 572 g/mol. The molecule has 2 aromatic carbocycles. The average Bonchev–Trinajstić information content (AvgIpc) is 3.35. The molecule has 40 heavy (non-hydrogen) atoms. The molecule has 2 aromatic rings. The van der Waals surface area contributed by atoms with Gasteiger partial charge >= 0.3 is 6.09 Å². The van der Waals surface area contributed by atoms with Crippen LogP contribution < -0.4 is 20.9 Å². The van der Waals surface area contributed by atoms with Gasteiger partial charge in [-0.1, -0.05) is 32.6 Å². The van der Waals surface area contributed by atoms with Gasteiger partial charge in [0.2, 0.25) is 0 Å². The zero-order chi connectivity index (χ0) is 29.3. The van der Waals surface area contributed by atoms with E-state index in [1.165, 1.54) is 0 Å². The topological polar surface area (TPSA) is 117 Å². The fourth-order valence-corrected chi connectivity index (χ4v) is 6.05. The number of nitrogens with zero attached hydrogens (tertiary/aromatic N) is 1. The van der Waals surface area contributed by atoms with Gasteiger partial charge in [-0.3, -0.25) is 4.79 Å². The molecule has 0 saturated carbocycles. The Morgan fingerprint density at radius 1 is 1.02 bits per heavy atom. The van der Waals surface area contributed by atoms with Crippen molar-refractivity contribution in [1.29, 1.82) is 0 Å². The number of benzene rings is 2. The third-order valence-corrected chi connectivity index (χ3v) is 8.60. The van der Waals surface area contributed by atoms with Gasteiger partial charge in [0.15, 0.2) is 9.84 Å². The first-order valence-electron chi connectivity index (χ1n) is 14.1. The van der Waals surface area contributed by atoms with Gasteiger partial charge in [0.1, 0.15) is 5.60 Å². The van der Waals surface area contributed by atoms with E-state index in [1.807, 2.05) is 32.9 Å². The van der Waals surface area contributed by atoms with Crippen LogP contribution in [-0.2, 0) is 14.6 Å². The van der Waals surface area contributed by atoms with Gasteiger partial charge in [0.25, 0.3) is 5.91 Å². The Morgan fingerprint density at radius 2 is 1.73 bits per heavy atom. The number of rotatable bonds is 12. The highest BCUT2D eigenvalue weighted by Gasteiger charge is 2.27. The van der Waals surface area contributed by atoms with Crippen molar-refractivity contribution in [3.63, 3.8) is 0 Å². The van der Waals surface area contributed by atoms with Crippen molar-refractivity contribution in [3.05, 3.63) is 48.0 Å². The third-order valence-electron chi connectivity index (χ3n) is 6.78. The quantitative estimate of drug-likeness (QED) is 0.274. The normalized spacial score (nSPS) is 15.5. The van der Waals surface area contributed by atoms with Crippen LogP contribution in [0.5, 0.6) is 0 Å². The minimum Gasteiger partial charge on any atom is -0.444 e. The molecule has 1 atom stereocenters. The number of carbonyl (C=O) groups excluding carboxylic acids is 2. The first kappa shape index (κ1) is 31.3. The van der Waals surface area contributed by atoms with E-state index in [0.29, 0.717) is 29.9 Å². The number of hydrogen-bond acceptors (Lipinski definition) is 7. The SMILES string of the molecule is CCCCCCCS(=O)(=O)c1ccc(NC(=O)c2ccc(N3CC[C@H](NC(=O)OC(C)(C)C)C3)cc2NC)cc1. The maximum Gasteiger partial charge on any atom is 0.407 e. The molecule has 0 spiro atoms. The molecule has 2 amide bonds. The lowest BCUT2D eigenvalue weighted by molar-refractivity contribution is 0.0508. The minimum atomic E-state index is -3.34. The summed E-state index contributed by atoms with van der Waals surface area (Å²) in [5.74, 6) is -0.164. The smallest absolute Gasteiger partial charge is 0.407 e. The Balaban J connectivity index is 1.59. The van der Waals surface area contributed by atoms with Crippen molar-refractivity contribution in [1.82, 2.24) is 5.32 Å². The molecule has 1 aliphatic rings. The number of unbranched alkanes of at least 4 members (excludes halogenated alkanes) is 4. The molecular weight excluding hydrogens is 528 g/mol. The highest BCUT2D eigenvalue weighted by Crippen LogP contribution is 2.28. The molecule has 10 heteroatoms. The summed E-state index contributed by atoms with van der Waals surface area (Å²) < 4.78 is 30.7. The molecule has 9 nitrogen and oxygen atoms in total. The Labute approximate surface area is 239 Å². The number of carbonyl (C=O) groups is 2. The summed E-state index contributed by atoms with van der Waals surface area (Å²) in [6.45, 7) is 9.04. The molecule has 3 rings (SSSR count). The molecule has 1 aliphatic heterocycles. The molecule has 1 saturated heterocycles. The van der Waals surface area contributed by atoms with Crippen molar-refractivity contribution in [2.45, 2.75) is 82.8 Å². The van der Waals surface area contributed by atoms with E-state index >= 15 is 0 Å². The average molecular weight is 573 g/mol. The number of hydrogen-bond donors (Lipinski definition) is 3. The zero-order valence-electron chi connectivity index (χ0n) is 24.4. The van der Waals surface area contributed by atoms with Crippen LogP contribution in [0.2, 0.25) is 0 Å². The van der Waals surface area contributed by atoms with Crippen LogP contribution in [0.1, 0.15) is 76.6 Å². The lowest BCUT2D eigenvalue weighted by Gasteiger charge is -2.23. The van der Waals surface area contributed by atoms with Crippen molar-refractivity contribution in [2.75, 3.05) is 41.4 Å². The minimum absolute atomic E-state index is 0.0243. The van der Waals surface area contributed by atoms with Gasteiger partial charge in [0, 0.05) is 37.2 Å². The second kappa shape index (κ2) is 13.9. The summed E-state index contributed by atoms with van der Waals surface area (Å²) in [4.78, 5) is 27.6. The highest BCUT2D eigenvalue weighted by molar-refractivity contribution is 7.91. The molecule has 1 heterocycles. The fraction of sp³-hybridized carbons (Fsp3) is 0.533. The standard InChI is InChI=1S/C30H44N4O5S/c1-6-7-8-9-10-19-40(37,38)25-14-11-22(12-15-25)32-28(35)26-16-13-24(20-27(26)31-5)34-18-17-23(21-34)33-29(36)39-30(2,3)4/h11-16,20,23,31H,6-10,17-19,21H2,1-5H3,(H,32,35)(H,33,36)/t23-/m0/s1. The maximum absolute atomic E-state index is 13.1. The third kappa shape index (κ3) is 9.15. The first-order valence-corrected chi connectivity index (χ1v) is 15.8. The molecule has 0 unspecified atom stereocenters. The van der Waals surface area contributed by atoms with Crippen molar-refractivity contribution in [2.24, 2.45) is 0 Å². The van der Waals surface area contributed by atoms with Crippen LogP contribution in [0, 0.1) is 0 Å². The summed E-state index contributed by atoms with van der Waals surface area (Å²) in [5.41, 5.74) is 2.05. The number of alkyl carbamates (subject to hydrolysis) is 1. The van der Waals surface area contributed by atoms with E-state index in [9.17, 15) is 18.0 Å². The van der Waals surface area contributed by atoms with Crippen LogP contribution in [0.3, 0.4) is 0 Å². The van der Waals surface area contributed by atoms with Crippen LogP contribution >= 0.6 is 0 Å². The Kier molecular flexibility index (Phi) is 10.8. The van der Waals surface area contributed by atoms with E-state index < -0.39 is 21.5 Å². The molecule has 0 aromatic heterocycles. The molecule has 0 aliphatic carbocycles. The van der Waals surface area contributed by atoms with Gasteiger partial charge in [0.05, 0.1) is 22.3 Å². The fourth-order valence-electron chi connectivity index (χ4n) is 4.68. The Bertz CT molecular complexity index is 1260. The molecule has 0 bridgehead atoms. The summed E-state index contributed by atoms with van der Waals surface area (Å²) >= 11 is 0. The summed E-state index contributed by atoms with van der Waals surface area (Å²) in [7, 11) is -1.59.